The van der Waals surface area contributed by atoms with Crippen LogP contribution < -0.4 is 4.74 Å². The molecule has 92 valence electrons. The molecule has 2 rings (SSSR count). The van der Waals surface area contributed by atoms with E-state index >= 15 is 0 Å². The summed E-state index contributed by atoms with van der Waals surface area (Å²) in [6.45, 7) is -0.108. The average molecular weight is 308 g/mol. The molecule has 0 atom stereocenters. The van der Waals surface area contributed by atoms with E-state index in [9.17, 15) is 9.59 Å². The summed E-state index contributed by atoms with van der Waals surface area (Å²) in [7, 11) is 0. The lowest BCUT2D eigenvalue weighted by atomic mass is 10.2. The lowest BCUT2D eigenvalue weighted by Crippen LogP contribution is -2.12. The van der Waals surface area contributed by atoms with Crippen molar-refractivity contribution in [2.45, 2.75) is 0 Å². The van der Waals surface area contributed by atoms with E-state index in [1.165, 1.54) is 0 Å². The van der Waals surface area contributed by atoms with Crippen LogP contribution in [-0.2, 0) is 0 Å². The van der Waals surface area contributed by atoms with Gasteiger partial charge >= 0.3 is 0 Å². The molecule has 1 aromatic heterocycles. The molecule has 0 aliphatic carbocycles. The summed E-state index contributed by atoms with van der Waals surface area (Å²) >= 11 is 3.26. The Balaban J connectivity index is 2.06. The van der Waals surface area contributed by atoms with Crippen LogP contribution in [0.5, 0.6) is 5.75 Å². The number of rotatable bonds is 5. The zero-order chi connectivity index (χ0) is 13.0. The highest BCUT2D eigenvalue weighted by Crippen LogP contribution is 2.21. The number of aromatic nitrogens is 1. The van der Waals surface area contributed by atoms with Gasteiger partial charge in [-0.3, -0.25) is 9.59 Å². The van der Waals surface area contributed by atoms with E-state index in [0.29, 0.717) is 23.3 Å². The van der Waals surface area contributed by atoms with E-state index in [-0.39, 0.29) is 12.4 Å². The van der Waals surface area contributed by atoms with Crippen molar-refractivity contribution in [1.29, 1.82) is 0 Å². The lowest BCUT2D eigenvalue weighted by molar-refractivity contribution is 0.0914. The van der Waals surface area contributed by atoms with Crippen molar-refractivity contribution in [3.63, 3.8) is 0 Å². The summed E-state index contributed by atoms with van der Waals surface area (Å²) in [6.07, 6.45) is 2.36. The number of aldehydes is 1. The number of carbonyl (C=O) groups excluding carboxylic acids is 2. The molecule has 0 fully saturated rings. The minimum absolute atomic E-state index is 0.108. The Morgan fingerprint density at radius 2 is 2.22 bits per heavy atom. The minimum Gasteiger partial charge on any atom is -0.485 e. The quantitative estimate of drug-likeness (QED) is 0.682. The van der Waals surface area contributed by atoms with Gasteiger partial charge in [-0.2, -0.15) is 0 Å². The molecular weight excluding hydrogens is 298 g/mol. The molecule has 0 aliphatic heterocycles. The number of H-pyrrole nitrogens is 1. The van der Waals surface area contributed by atoms with E-state index in [4.69, 9.17) is 4.74 Å². The molecule has 0 amide bonds. The SMILES string of the molecule is O=Cc1cc(Br)ccc1OCC(=O)c1ccc[nH]1. The summed E-state index contributed by atoms with van der Waals surface area (Å²) in [5.74, 6) is 0.230. The van der Waals surface area contributed by atoms with Crippen LogP contribution >= 0.6 is 15.9 Å². The largest absolute Gasteiger partial charge is 0.485 e. The zero-order valence-corrected chi connectivity index (χ0v) is 10.9. The maximum absolute atomic E-state index is 11.7. The van der Waals surface area contributed by atoms with Crippen LogP contribution in [-0.4, -0.2) is 23.7 Å². The van der Waals surface area contributed by atoms with Crippen molar-refractivity contribution < 1.29 is 14.3 Å². The number of ether oxygens (including phenoxy) is 1. The molecule has 2 aromatic rings. The zero-order valence-electron chi connectivity index (χ0n) is 9.35. The summed E-state index contributed by atoms with van der Waals surface area (Å²) in [4.78, 5) is 25.4. The van der Waals surface area contributed by atoms with Gasteiger partial charge in [0.15, 0.2) is 12.9 Å². The van der Waals surface area contributed by atoms with Crippen LogP contribution in [0.15, 0.2) is 41.0 Å². The predicted octanol–water partition coefficient (Wildman–Crippen LogP) is 2.85. The molecule has 1 aromatic carbocycles. The van der Waals surface area contributed by atoms with Crippen LogP contribution in [0.25, 0.3) is 0 Å². The van der Waals surface area contributed by atoms with Gasteiger partial charge in [0.2, 0.25) is 5.78 Å². The van der Waals surface area contributed by atoms with Crippen LogP contribution in [0.2, 0.25) is 0 Å². The second kappa shape index (κ2) is 5.64. The Labute approximate surface area is 112 Å². The minimum atomic E-state index is -0.167. The van der Waals surface area contributed by atoms with Crippen LogP contribution in [0.3, 0.4) is 0 Å². The first-order chi connectivity index (χ1) is 8.70. The van der Waals surface area contributed by atoms with Gasteiger partial charge in [0.05, 0.1) is 11.3 Å². The number of nitrogens with one attached hydrogen (secondary N) is 1. The van der Waals surface area contributed by atoms with Gasteiger partial charge in [-0.05, 0) is 30.3 Å². The first kappa shape index (κ1) is 12.6. The maximum Gasteiger partial charge on any atom is 0.216 e. The summed E-state index contributed by atoms with van der Waals surface area (Å²) < 4.78 is 6.13. The number of hydrogen-bond acceptors (Lipinski definition) is 3. The fourth-order valence-corrected chi connectivity index (χ4v) is 1.85. The molecular formula is C13H10BrNO3. The van der Waals surface area contributed by atoms with Crippen molar-refractivity contribution >= 4 is 28.0 Å². The molecule has 0 saturated carbocycles. The van der Waals surface area contributed by atoms with Gasteiger partial charge in [-0.1, -0.05) is 15.9 Å². The van der Waals surface area contributed by atoms with E-state index in [0.717, 1.165) is 4.47 Å². The average Bonchev–Trinajstić information content (AvgIpc) is 2.90. The Kier molecular flexibility index (Phi) is 3.94. The van der Waals surface area contributed by atoms with Gasteiger partial charge in [0.1, 0.15) is 5.75 Å². The van der Waals surface area contributed by atoms with Crippen LogP contribution in [0, 0.1) is 0 Å². The molecule has 1 N–H and O–H groups in total. The van der Waals surface area contributed by atoms with Gasteiger partial charge in [0, 0.05) is 10.7 Å². The molecule has 1 heterocycles. The third-order valence-electron chi connectivity index (χ3n) is 2.36. The van der Waals surface area contributed by atoms with Crippen molar-refractivity contribution in [1.82, 2.24) is 4.98 Å². The predicted molar refractivity (Wildman–Crippen MR) is 70.1 cm³/mol. The van der Waals surface area contributed by atoms with Gasteiger partial charge < -0.3 is 9.72 Å². The number of Topliss-reactive ketones (excluding diaryl/α,β-unsaturated/α-hetero) is 1. The Morgan fingerprint density at radius 3 is 2.89 bits per heavy atom. The molecule has 5 heteroatoms. The van der Waals surface area contributed by atoms with Gasteiger partial charge in [-0.25, -0.2) is 0 Å². The second-order valence-electron chi connectivity index (χ2n) is 3.60. The molecule has 0 aliphatic rings. The van der Waals surface area contributed by atoms with Crippen molar-refractivity contribution in [2.75, 3.05) is 6.61 Å². The second-order valence-corrected chi connectivity index (χ2v) is 4.51. The number of hydrogen-bond donors (Lipinski definition) is 1. The Morgan fingerprint density at radius 1 is 1.39 bits per heavy atom. The third kappa shape index (κ3) is 2.87. The molecule has 0 radical (unpaired) electrons. The maximum atomic E-state index is 11.7. The summed E-state index contributed by atoms with van der Waals surface area (Å²) in [5, 5.41) is 0. The lowest BCUT2D eigenvalue weighted by Gasteiger charge is -2.07. The standard InChI is InChI=1S/C13H10BrNO3/c14-10-3-4-13(9(6-10)7-16)18-8-12(17)11-2-1-5-15-11/h1-7,15H,8H2. The first-order valence-corrected chi connectivity index (χ1v) is 6.04. The topological polar surface area (TPSA) is 59.2 Å². The molecule has 4 nitrogen and oxygen atoms in total. The normalized spacial score (nSPS) is 10.1. The first-order valence-electron chi connectivity index (χ1n) is 5.25. The van der Waals surface area contributed by atoms with Crippen molar-refractivity contribution in [3.8, 4) is 5.75 Å². The monoisotopic (exact) mass is 307 g/mol. The molecule has 0 spiro atoms. The smallest absolute Gasteiger partial charge is 0.216 e. The van der Waals surface area contributed by atoms with E-state index in [1.54, 1.807) is 36.5 Å². The van der Waals surface area contributed by atoms with Crippen LogP contribution in [0.4, 0.5) is 0 Å². The Bertz CT molecular complexity index is 564. The molecule has 18 heavy (non-hydrogen) atoms. The van der Waals surface area contributed by atoms with Gasteiger partial charge in [-0.15, -0.1) is 0 Å². The Hall–Kier alpha value is -1.88. The number of carbonyl (C=O) groups is 2. The fourth-order valence-electron chi connectivity index (χ4n) is 1.47. The molecule has 0 saturated heterocycles. The highest BCUT2D eigenvalue weighted by Gasteiger charge is 2.09. The number of benzene rings is 1. The number of halogens is 1. The number of aromatic amines is 1. The highest BCUT2D eigenvalue weighted by molar-refractivity contribution is 9.10. The summed E-state index contributed by atoms with van der Waals surface area (Å²) in [5.41, 5.74) is 0.892. The van der Waals surface area contributed by atoms with E-state index in [2.05, 4.69) is 20.9 Å². The van der Waals surface area contributed by atoms with Crippen LogP contribution in [0.1, 0.15) is 20.8 Å². The number of ketones is 1. The third-order valence-corrected chi connectivity index (χ3v) is 2.85. The van der Waals surface area contributed by atoms with Crippen molar-refractivity contribution in [2.24, 2.45) is 0 Å². The van der Waals surface area contributed by atoms with E-state index < -0.39 is 0 Å². The van der Waals surface area contributed by atoms with Crippen molar-refractivity contribution in [3.05, 3.63) is 52.3 Å². The van der Waals surface area contributed by atoms with Gasteiger partial charge in [0.25, 0.3) is 0 Å². The fraction of sp³-hybridized carbons (Fsp3) is 0.0769. The highest BCUT2D eigenvalue weighted by atomic mass is 79.9. The van der Waals surface area contributed by atoms with E-state index in [1.807, 2.05) is 0 Å². The molecule has 0 bridgehead atoms. The summed E-state index contributed by atoms with van der Waals surface area (Å²) in [6, 6.07) is 8.45. The molecule has 0 unspecified atom stereocenters.